The molecule has 2 atom stereocenters. The molecular formula is C11H19NOSi. The molecule has 0 saturated carbocycles. The Morgan fingerprint density at radius 3 is 2.86 bits per heavy atom. The molecule has 0 aliphatic carbocycles. The van der Waals surface area contributed by atoms with E-state index in [0.29, 0.717) is 0 Å². The number of aromatic nitrogens is 1. The molecule has 1 aromatic rings. The third kappa shape index (κ3) is 2.09. The summed E-state index contributed by atoms with van der Waals surface area (Å²) in [6, 6.07) is 5.72. The van der Waals surface area contributed by atoms with Gasteiger partial charge in [-0.25, -0.2) is 0 Å². The number of hydrogen-bond donors (Lipinski definition) is 0. The Morgan fingerprint density at radius 2 is 2.14 bits per heavy atom. The lowest BCUT2D eigenvalue weighted by Gasteiger charge is -2.31. The summed E-state index contributed by atoms with van der Waals surface area (Å²) in [6.07, 6.45) is 9.67. The molecule has 2 nitrogen and oxygen atoms in total. The number of hydrogen-bond acceptors (Lipinski definition) is 1. The highest BCUT2D eigenvalue weighted by atomic mass is 28.3. The smallest absolute Gasteiger partial charge is 0.0939 e. The monoisotopic (exact) mass is 209 g/mol. The van der Waals surface area contributed by atoms with Crippen LogP contribution >= 0.6 is 0 Å². The SMILES string of the molecule is COC[SiH]1CCCCC1n1cccc1. The van der Waals surface area contributed by atoms with Crippen LogP contribution in [-0.2, 0) is 4.74 Å². The first-order chi connectivity index (χ1) is 6.92. The Kier molecular flexibility index (Phi) is 3.43. The van der Waals surface area contributed by atoms with Gasteiger partial charge in [0.15, 0.2) is 0 Å². The van der Waals surface area contributed by atoms with Crippen molar-refractivity contribution in [2.75, 3.05) is 13.3 Å². The fourth-order valence-electron chi connectivity index (χ4n) is 2.56. The van der Waals surface area contributed by atoms with Crippen LogP contribution < -0.4 is 0 Å². The molecule has 1 aliphatic heterocycles. The van der Waals surface area contributed by atoms with Crippen LogP contribution in [-0.4, -0.2) is 26.7 Å². The van der Waals surface area contributed by atoms with E-state index in [9.17, 15) is 0 Å². The Bertz CT molecular complexity index is 258. The van der Waals surface area contributed by atoms with Crippen molar-refractivity contribution in [2.45, 2.75) is 31.0 Å². The quantitative estimate of drug-likeness (QED) is 0.696. The molecule has 0 aromatic carbocycles. The predicted octanol–water partition coefficient (Wildman–Crippen LogP) is 2.17. The first kappa shape index (κ1) is 9.99. The summed E-state index contributed by atoms with van der Waals surface area (Å²) >= 11 is 0. The molecule has 0 N–H and O–H groups in total. The highest BCUT2D eigenvalue weighted by Crippen LogP contribution is 2.28. The van der Waals surface area contributed by atoms with E-state index in [0.717, 1.165) is 11.9 Å². The maximum absolute atomic E-state index is 5.36. The van der Waals surface area contributed by atoms with E-state index < -0.39 is 8.80 Å². The second-order valence-corrected chi connectivity index (χ2v) is 7.40. The standard InChI is InChI=1S/C11H19NOSi/c1-13-10-14-9-5-2-6-11(14)12-7-3-4-8-12/h3-4,7-8,11,14H,2,5-6,9-10H2,1H3. The second-order valence-electron chi connectivity index (χ2n) is 4.20. The molecule has 0 bridgehead atoms. The molecule has 1 saturated heterocycles. The maximum atomic E-state index is 5.36. The van der Waals surface area contributed by atoms with Gasteiger partial charge in [-0.1, -0.05) is 18.9 Å². The van der Waals surface area contributed by atoms with E-state index >= 15 is 0 Å². The van der Waals surface area contributed by atoms with E-state index in [1.807, 2.05) is 7.11 Å². The lowest BCUT2D eigenvalue weighted by molar-refractivity contribution is 0.243. The van der Waals surface area contributed by atoms with Gasteiger partial charge in [-0.15, -0.1) is 0 Å². The zero-order valence-corrected chi connectivity index (χ0v) is 10.0. The third-order valence-electron chi connectivity index (χ3n) is 3.26. The van der Waals surface area contributed by atoms with Crippen LogP contribution in [0.15, 0.2) is 24.5 Å². The average molecular weight is 209 g/mol. The van der Waals surface area contributed by atoms with Gasteiger partial charge in [0.25, 0.3) is 0 Å². The Morgan fingerprint density at radius 1 is 1.36 bits per heavy atom. The fraction of sp³-hybridized carbons (Fsp3) is 0.636. The first-order valence-electron chi connectivity index (χ1n) is 5.53. The lowest BCUT2D eigenvalue weighted by Crippen LogP contribution is -2.35. The van der Waals surface area contributed by atoms with E-state index in [2.05, 4.69) is 29.1 Å². The summed E-state index contributed by atoms with van der Waals surface area (Å²) in [5, 5.41) is 0. The van der Waals surface area contributed by atoms with Crippen molar-refractivity contribution in [3.63, 3.8) is 0 Å². The Balaban J connectivity index is 2.06. The Labute approximate surface area is 87.5 Å². The summed E-state index contributed by atoms with van der Waals surface area (Å²) < 4.78 is 7.77. The second kappa shape index (κ2) is 4.80. The predicted molar refractivity (Wildman–Crippen MR) is 61.2 cm³/mol. The van der Waals surface area contributed by atoms with Crippen molar-refractivity contribution in [2.24, 2.45) is 0 Å². The Hall–Kier alpha value is -0.543. The van der Waals surface area contributed by atoms with Crippen LogP contribution in [0, 0.1) is 0 Å². The topological polar surface area (TPSA) is 14.2 Å². The van der Waals surface area contributed by atoms with Crippen molar-refractivity contribution in [1.29, 1.82) is 0 Å². The molecule has 14 heavy (non-hydrogen) atoms. The molecule has 2 heterocycles. The van der Waals surface area contributed by atoms with Gasteiger partial charge >= 0.3 is 0 Å². The van der Waals surface area contributed by atoms with E-state index in [-0.39, 0.29) is 0 Å². The highest BCUT2D eigenvalue weighted by Gasteiger charge is 2.27. The molecule has 1 fully saturated rings. The summed E-state index contributed by atoms with van der Waals surface area (Å²) in [5.74, 6) is 0. The van der Waals surface area contributed by atoms with E-state index in [1.165, 1.54) is 25.3 Å². The van der Waals surface area contributed by atoms with Gasteiger partial charge in [-0.3, -0.25) is 0 Å². The van der Waals surface area contributed by atoms with Crippen molar-refractivity contribution < 1.29 is 4.74 Å². The van der Waals surface area contributed by atoms with Crippen LogP contribution in [0.5, 0.6) is 0 Å². The van der Waals surface area contributed by atoms with Gasteiger partial charge in [-0.05, 0) is 18.6 Å². The van der Waals surface area contributed by atoms with Crippen LogP contribution in [0.4, 0.5) is 0 Å². The molecule has 1 aliphatic rings. The van der Waals surface area contributed by atoms with Crippen LogP contribution in [0.25, 0.3) is 0 Å². The molecule has 0 radical (unpaired) electrons. The van der Waals surface area contributed by atoms with Crippen molar-refractivity contribution >= 4 is 8.80 Å². The van der Waals surface area contributed by atoms with Crippen LogP contribution in [0.1, 0.15) is 24.9 Å². The van der Waals surface area contributed by atoms with Crippen LogP contribution in [0.3, 0.4) is 0 Å². The van der Waals surface area contributed by atoms with Gasteiger partial charge < -0.3 is 9.30 Å². The van der Waals surface area contributed by atoms with Crippen LogP contribution in [0.2, 0.25) is 6.04 Å². The number of nitrogens with zero attached hydrogens (tertiary/aromatic N) is 1. The normalized spacial score (nSPS) is 27.8. The summed E-state index contributed by atoms with van der Waals surface area (Å²) in [7, 11) is 1.15. The van der Waals surface area contributed by atoms with E-state index in [4.69, 9.17) is 4.74 Å². The van der Waals surface area contributed by atoms with Crippen molar-refractivity contribution in [3.8, 4) is 0 Å². The van der Waals surface area contributed by atoms with Crippen molar-refractivity contribution in [1.82, 2.24) is 4.57 Å². The minimum atomic E-state index is -0.693. The first-order valence-corrected chi connectivity index (χ1v) is 7.83. The van der Waals surface area contributed by atoms with Gasteiger partial charge in [0.05, 0.1) is 8.80 Å². The fourth-order valence-corrected chi connectivity index (χ4v) is 5.97. The molecule has 3 heteroatoms. The minimum absolute atomic E-state index is 0.693. The molecule has 2 rings (SSSR count). The largest absolute Gasteiger partial charge is 0.388 e. The molecule has 1 aromatic heterocycles. The minimum Gasteiger partial charge on any atom is -0.388 e. The summed E-state index contributed by atoms with van der Waals surface area (Å²) in [4.78, 5) is 0. The van der Waals surface area contributed by atoms with Gasteiger partial charge in [0, 0.05) is 31.4 Å². The molecule has 78 valence electrons. The number of ether oxygens (including phenoxy) is 1. The number of rotatable bonds is 3. The maximum Gasteiger partial charge on any atom is 0.0939 e. The molecule has 0 spiro atoms. The van der Waals surface area contributed by atoms with Crippen molar-refractivity contribution in [3.05, 3.63) is 24.5 Å². The zero-order valence-electron chi connectivity index (χ0n) is 8.86. The summed E-state index contributed by atoms with van der Waals surface area (Å²) in [5.41, 5.74) is 0.804. The molecule has 2 unspecified atom stereocenters. The van der Waals surface area contributed by atoms with Gasteiger partial charge in [0.2, 0.25) is 0 Å². The highest BCUT2D eigenvalue weighted by molar-refractivity contribution is 6.59. The molecular weight excluding hydrogens is 190 g/mol. The van der Waals surface area contributed by atoms with E-state index in [1.54, 1.807) is 0 Å². The number of methoxy groups -OCH3 is 1. The third-order valence-corrected chi connectivity index (χ3v) is 6.94. The lowest BCUT2D eigenvalue weighted by atomic mass is 10.2. The van der Waals surface area contributed by atoms with Gasteiger partial charge in [-0.2, -0.15) is 0 Å². The zero-order chi connectivity index (χ0) is 9.80. The molecule has 0 amide bonds. The summed E-state index contributed by atoms with van der Waals surface area (Å²) in [6.45, 7) is 0. The average Bonchev–Trinajstić information content (AvgIpc) is 2.72. The van der Waals surface area contributed by atoms with Gasteiger partial charge in [0.1, 0.15) is 0 Å².